The molecule has 1 unspecified atom stereocenters. The molecule has 26 heavy (non-hydrogen) atoms. The minimum absolute atomic E-state index is 0.0715. The number of carbonyl (C=O) groups is 2. The van der Waals surface area contributed by atoms with E-state index < -0.39 is 17.9 Å². The number of aryl methyl sites for hydroxylation is 1. The minimum Gasteiger partial charge on any atom is -0.488 e. The van der Waals surface area contributed by atoms with Gasteiger partial charge in [0.2, 0.25) is 0 Å². The average molecular weight is 375 g/mol. The van der Waals surface area contributed by atoms with Crippen LogP contribution in [0.1, 0.15) is 17.2 Å². The van der Waals surface area contributed by atoms with Gasteiger partial charge in [0.15, 0.2) is 5.82 Å². The van der Waals surface area contributed by atoms with Gasteiger partial charge < -0.3 is 19.3 Å². The molecule has 2 aliphatic heterocycles. The number of hydrogen-bond acceptors (Lipinski definition) is 5. The number of aromatic nitrogens is 3. The molecule has 1 atom stereocenters. The third-order valence-electron chi connectivity index (χ3n) is 4.56. The van der Waals surface area contributed by atoms with Gasteiger partial charge >= 0.3 is 5.97 Å². The summed E-state index contributed by atoms with van der Waals surface area (Å²) in [5.74, 6) is 0.360. The maximum atomic E-state index is 13.0. The number of amides is 1. The molecular formula is C17H15ClN4O4. The third kappa shape index (κ3) is 2.72. The van der Waals surface area contributed by atoms with E-state index in [1.54, 1.807) is 35.8 Å². The molecule has 1 amide bonds. The largest absolute Gasteiger partial charge is 0.488 e. The molecule has 1 N–H and O–H groups in total. The number of carboxylic acids is 1. The average Bonchev–Trinajstić information content (AvgIpc) is 2.99. The van der Waals surface area contributed by atoms with Crippen molar-refractivity contribution in [2.24, 2.45) is 0 Å². The zero-order valence-electron chi connectivity index (χ0n) is 13.8. The van der Waals surface area contributed by atoms with Gasteiger partial charge in [0.05, 0.1) is 18.7 Å². The van der Waals surface area contributed by atoms with Gasteiger partial charge in [-0.2, -0.15) is 0 Å². The van der Waals surface area contributed by atoms with Gasteiger partial charge in [-0.15, -0.1) is 10.2 Å². The first-order chi connectivity index (χ1) is 12.4. The Bertz CT molecular complexity index is 952. The Morgan fingerprint density at radius 3 is 2.92 bits per heavy atom. The molecule has 0 aliphatic carbocycles. The van der Waals surface area contributed by atoms with Gasteiger partial charge in [0, 0.05) is 10.6 Å². The van der Waals surface area contributed by atoms with Crippen LogP contribution in [0.5, 0.6) is 5.75 Å². The van der Waals surface area contributed by atoms with Gasteiger partial charge in [-0.25, -0.2) is 4.79 Å². The molecule has 134 valence electrons. The second-order valence-electron chi connectivity index (χ2n) is 6.20. The van der Waals surface area contributed by atoms with Crippen molar-refractivity contribution in [2.75, 3.05) is 6.61 Å². The van der Waals surface area contributed by atoms with Crippen molar-refractivity contribution in [3.8, 4) is 5.75 Å². The summed E-state index contributed by atoms with van der Waals surface area (Å²) in [6, 6.07) is 4.16. The molecular weight excluding hydrogens is 360 g/mol. The van der Waals surface area contributed by atoms with Gasteiger partial charge in [-0.05, 0) is 31.2 Å². The van der Waals surface area contributed by atoms with Gasteiger partial charge in [-0.1, -0.05) is 11.6 Å². The van der Waals surface area contributed by atoms with Crippen molar-refractivity contribution in [1.29, 1.82) is 0 Å². The molecule has 1 aromatic carbocycles. The van der Waals surface area contributed by atoms with Crippen LogP contribution >= 0.6 is 11.6 Å². The second kappa shape index (κ2) is 6.14. The molecule has 0 bridgehead atoms. The van der Waals surface area contributed by atoms with Gasteiger partial charge in [0.1, 0.15) is 24.2 Å². The lowest BCUT2D eigenvalue weighted by atomic mass is 10.0. The molecule has 0 saturated carbocycles. The summed E-state index contributed by atoms with van der Waals surface area (Å²) in [4.78, 5) is 26.0. The molecule has 0 saturated heterocycles. The highest BCUT2D eigenvalue weighted by atomic mass is 35.5. The van der Waals surface area contributed by atoms with E-state index in [1.165, 1.54) is 4.90 Å². The molecule has 9 heteroatoms. The standard InChI is InChI=1S/C17H15ClN4O4/c1-9-19-20-15-7-22(13(17(24)25)6-21(9)15)16(23)11-4-10-5-12(18)2-3-14(10)26-8-11/h2-5,13H,6-8H2,1H3,(H,24,25). The van der Waals surface area contributed by atoms with Crippen molar-refractivity contribution < 1.29 is 19.4 Å². The zero-order valence-corrected chi connectivity index (χ0v) is 14.6. The van der Waals surface area contributed by atoms with E-state index in [9.17, 15) is 14.7 Å². The Labute approximate surface area is 153 Å². The van der Waals surface area contributed by atoms with E-state index in [0.717, 1.165) is 0 Å². The molecule has 8 nitrogen and oxygen atoms in total. The normalized spacial score (nSPS) is 18.5. The van der Waals surface area contributed by atoms with Crippen molar-refractivity contribution in [3.05, 3.63) is 46.0 Å². The van der Waals surface area contributed by atoms with Crippen LogP contribution in [-0.4, -0.2) is 49.3 Å². The molecule has 1 aromatic heterocycles. The Hall–Kier alpha value is -2.87. The maximum Gasteiger partial charge on any atom is 0.328 e. The number of hydrogen-bond donors (Lipinski definition) is 1. The van der Waals surface area contributed by atoms with E-state index in [4.69, 9.17) is 16.3 Å². The van der Waals surface area contributed by atoms with Crippen LogP contribution in [-0.2, 0) is 22.7 Å². The van der Waals surface area contributed by atoms with Crippen LogP contribution in [0.3, 0.4) is 0 Å². The number of rotatable bonds is 2. The number of carbonyl (C=O) groups excluding carboxylic acids is 1. The Balaban J connectivity index is 1.68. The summed E-state index contributed by atoms with van der Waals surface area (Å²) >= 11 is 6.00. The maximum absolute atomic E-state index is 13.0. The lowest BCUT2D eigenvalue weighted by Crippen LogP contribution is -2.51. The Morgan fingerprint density at radius 1 is 1.35 bits per heavy atom. The summed E-state index contributed by atoms with van der Waals surface area (Å²) in [7, 11) is 0. The van der Waals surface area contributed by atoms with Crippen molar-refractivity contribution in [3.63, 3.8) is 0 Å². The summed E-state index contributed by atoms with van der Waals surface area (Å²) in [5.41, 5.74) is 1.06. The quantitative estimate of drug-likeness (QED) is 0.855. The van der Waals surface area contributed by atoms with Gasteiger partial charge in [0.25, 0.3) is 5.91 Å². The number of nitrogens with zero attached hydrogens (tertiary/aromatic N) is 4. The highest BCUT2D eigenvalue weighted by Crippen LogP contribution is 2.30. The summed E-state index contributed by atoms with van der Waals surface area (Å²) < 4.78 is 7.34. The molecule has 4 rings (SSSR count). The zero-order chi connectivity index (χ0) is 18.4. The summed E-state index contributed by atoms with van der Waals surface area (Å²) in [6.45, 7) is 2.02. The number of carboxylic acid groups (broad SMARTS) is 1. The number of halogens is 1. The van der Waals surface area contributed by atoms with Crippen LogP contribution in [0.4, 0.5) is 0 Å². The van der Waals surface area contributed by atoms with Crippen molar-refractivity contribution in [2.45, 2.75) is 26.1 Å². The fourth-order valence-corrected chi connectivity index (χ4v) is 3.37. The molecule has 0 fully saturated rings. The molecule has 0 radical (unpaired) electrons. The fraction of sp³-hybridized carbons (Fsp3) is 0.294. The Morgan fingerprint density at radius 2 is 2.15 bits per heavy atom. The van der Waals surface area contributed by atoms with Crippen molar-refractivity contribution in [1.82, 2.24) is 19.7 Å². The first kappa shape index (κ1) is 16.6. The van der Waals surface area contributed by atoms with Crippen LogP contribution in [0.15, 0.2) is 23.8 Å². The fourth-order valence-electron chi connectivity index (χ4n) is 3.19. The highest BCUT2D eigenvalue weighted by Gasteiger charge is 2.38. The van der Waals surface area contributed by atoms with Crippen molar-refractivity contribution >= 4 is 29.6 Å². The van der Waals surface area contributed by atoms with Gasteiger partial charge in [-0.3, -0.25) is 4.79 Å². The first-order valence-corrected chi connectivity index (χ1v) is 8.37. The highest BCUT2D eigenvalue weighted by molar-refractivity contribution is 6.30. The number of ether oxygens (including phenoxy) is 1. The van der Waals surface area contributed by atoms with Crippen LogP contribution in [0, 0.1) is 6.92 Å². The Kier molecular flexibility index (Phi) is 3.91. The predicted molar refractivity (Wildman–Crippen MR) is 91.7 cm³/mol. The first-order valence-electron chi connectivity index (χ1n) is 7.99. The minimum atomic E-state index is -1.07. The summed E-state index contributed by atoms with van der Waals surface area (Å²) in [6.07, 6.45) is 1.69. The van der Waals surface area contributed by atoms with E-state index in [0.29, 0.717) is 33.6 Å². The SMILES string of the molecule is Cc1nnc2n1CC(C(=O)O)N(C(=O)C1=Cc3cc(Cl)ccc3OC1)C2. The number of fused-ring (bicyclic) bond motifs is 2. The van der Waals surface area contributed by atoms with E-state index in [-0.39, 0.29) is 19.7 Å². The molecule has 2 aromatic rings. The topological polar surface area (TPSA) is 97.5 Å². The van der Waals surface area contributed by atoms with E-state index in [2.05, 4.69) is 10.2 Å². The lowest BCUT2D eigenvalue weighted by Gasteiger charge is -2.34. The van der Waals surface area contributed by atoms with E-state index in [1.807, 2.05) is 0 Å². The second-order valence-corrected chi connectivity index (χ2v) is 6.64. The number of aliphatic carboxylic acids is 1. The predicted octanol–water partition coefficient (Wildman–Crippen LogP) is 1.51. The third-order valence-corrected chi connectivity index (χ3v) is 4.80. The molecule has 0 spiro atoms. The molecule has 2 aliphatic rings. The van der Waals surface area contributed by atoms with Crippen LogP contribution < -0.4 is 4.74 Å². The van der Waals surface area contributed by atoms with Crippen LogP contribution in [0.2, 0.25) is 5.02 Å². The lowest BCUT2D eigenvalue weighted by molar-refractivity contribution is -0.151. The van der Waals surface area contributed by atoms with E-state index >= 15 is 0 Å². The van der Waals surface area contributed by atoms with Crippen LogP contribution in [0.25, 0.3) is 6.08 Å². The monoisotopic (exact) mass is 374 g/mol. The summed E-state index contributed by atoms with van der Waals surface area (Å²) in [5, 5.41) is 18.1. The smallest absolute Gasteiger partial charge is 0.328 e. The molecule has 3 heterocycles. The number of benzene rings is 1.